The monoisotopic (exact) mass is 374 g/mol. The number of fused-ring (bicyclic) bond motifs is 1. The van der Waals surface area contributed by atoms with E-state index in [9.17, 15) is 9.59 Å². The van der Waals surface area contributed by atoms with E-state index in [2.05, 4.69) is 15.0 Å². The Hall–Kier alpha value is -3.28. The van der Waals surface area contributed by atoms with Crippen molar-refractivity contribution in [2.24, 2.45) is 0 Å². The van der Waals surface area contributed by atoms with Crippen LogP contribution in [0.5, 0.6) is 0 Å². The lowest BCUT2D eigenvalue weighted by atomic mass is 10.00. The molecular formula is C22H22N4O2. The molecule has 0 spiro atoms. The van der Waals surface area contributed by atoms with Gasteiger partial charge >= 0.3 is 0 Å². The maximum Gasteiger partial charge on any atom is 0.254 e. The van der Waals surface area contributed by atoms with Gasteiger partial charge in [-0.1, -0.05) is 30.3 Å². The van der Waals surface area contributed by atoms with Crippen LogP contribution in [0.3, 0.4) is 0 Å². The minimum absolute atomic E-state index is 0.0860. The predicted octanol–water partition coefficient (Wildman–Crippen LogP) is 2.56. The molecule has 2 aromatic heterocycles. The van der Waals surface area contributed by atoms with Crippen molar-refractivity contribution in [2.45, 2.75) is 25.7 Å². The average molecular weight is 374 g/mol. The molecule has 0 bridgehead atoms. The lowest BCUT2D eigenvalue weighted by Gasteiger charge is -2.24. The minimum Gasteiger partial charge on any atom is -0.341 e. The van der Waals surface area contributed by atoms with Gasteiger partial charge in [-0.05, 0) is 31.0 Å². The third kappa shape index (κ3) is 3.58. The lowest BCUT2D eigenvalue weighted by molar-refractivity contribution is -0.132. The maximum atomic E-state index is 13.0. The summed E-state index contributed by atoms with van der Waals surface area (Å²) in [5.41, 5.74) is 3.09. The number of aromatic nitrogens is 3. The van der Waals surface area contributed by atoms with E-state index in [-0.39, 0.29) is 17.4 Å². The van der Waals surface area contributed by atoms with Crippen molar-refractivity contribution in [3.05, 3.63) is 82.0 Å². The van der Waals surface area contributed by atoms with Gasteiger partial charge < -0.3 is 9.88 Å². The van der Waals surface area contributed by atoms with Gasteiger partial charge in [0.2, 0.25) is 5.91 Å². The first kappa shape index (κ1) is 18.1. The number of hydrogen-bond donors (Lipinski definition) is 1. The molecule has 0 aliphatic carbocycles. The summed E-state index contributed by atoms with van der Waals surface area (Å²) in [5.74, 6) is 0.400. The first-order valence-corrected chi connectivity index (χ1v) is 9.49. The molecule has 0 fully saturated rings. The van der Waals surface area contributed by atoms with Crippen molar-refractivity contribution >= 4 is 5.91 Å². The molecule has 1 aliphatic rings. The molecule has 1 amide bonds. The number of carbonyl (C=O) groups excluding carboxylic acids is 1. The highest BCUT2D eigenvalue weighted by Crippen LogP contribution is 2.21. The average Bonchev–Trinajstić information content (AvgIpc) is 2.97. The number of rotatable bonds is 3. The number of benzene rings is 1. The summed E-state index contributed by atoms with van der Waals surface area (Å²) >= 11 is 0. The third-order valence-electron chi connectivity index (χ3n) is 5.27. The zero-order valence-electron chi connectivity index (χ0n) is 15.8. The quantitative estimate of drug-likeness (QED) is 0.764. The molecule has 1 aliphatic heterocycles. The fourth-order valence-corrected chi connectivity index (χ4v) is 3.63. The van der Waals surface area contributed by atoms with Gasteiger partial charge in [-0.2, -0.15) is 0 Å². The van der Waals surface area contributed by atoms with Gasteiger partial charge in [0.15, 0.2) is 0 Å². The van der Waals surface area contributed by atoms with Crippen LogP contribution in [0.2, 0.25) is 0 Å². The smallest absolute Gasteiger partial charge is 0.254 e. The standard InChI is InChI=1S/C22H22N4O2/c1-15(16-6-3-2-4-7-16)22(28)26-12-9-18-19(10-13-26)24-20(25-21(18)27)17-8-5-11-23-14-17/h2-8,11,14-15H,9-10,12-13H2,1H3,(H,24,25,27). The second-order valence-electron chi connectivity index (χ2n) is 7.04. The van der Waals surface area contributed by atoms with Gasteiger partial charge in [0, 0.05) is 43.0 Å². The van der Waals surface area contributed by atoms with Gasteiger partial charge in [0.1, 0.15) is 5.82 Å². The molecule has 4 rings (SSSR count). The van der Waals surface area contributed by atoms with Gasteiger partial charge in [0.05, 0.1) is 11.6 Å². The number of amides is 1. The molecule has 1 unspecified atom stereocenters. The molecule has 142 valence electrons. The Labute approximate surface area is 163 Å². The summed E-state index contributed by atoms with van der Waals surface area (Å²) in [4.78, 5) is 39.1. The minimum atomic E-state index is -0.209. The normalized spacial score (nSPS) is 14.8. The van der Waals surface area contributed by atoms with E-state index in [0.717, 1.165) is 16.8 Å². The molecule has 0 saturated carbocycles. The van der Waals surface area contributed by atoms with Crippen molar-refractivity contribution in [1.82, 2.24) is 19.9 Å². The molecule has 3 aromatic rings. The van der Waals surface area contributed by atoms with E-state index >= 15 is 0 Å². The van der Waals surface area contributed by atoms with Crippen molar-refractivity contribution in [1.29, 1.82) is 0 Å². The van der Waals surface area contributed by atoms with Gasteiger partial charge in [-0.15, -0.1) is 0 Å². The van der Waals surface area contributed by atoms with E-state index in [4.69, 9.17) is 0 Å². The molecule has 3 heterocycles. The first-order chi connectivity index (χ1) is 13.6. The summed E-state index contributed by atoms with van der Waals surface area (Å²) in [6.07, 6.45) is 4.44. The van der Waals surface area contributed by atoms with Crippen LogP contribution >= 0.6 is 0 Å². The summed E-state index contributed by atoms with van der Waals surface area (Å²) in [6.45, 7) is 3.02. The molecular weight excluding hydrogens is 352 g/mol. The second kappa shape index (κ2) is 7.76. The molecule has 28 heavy (non-hydrogen) atoms. The van der Waals surface area contributed by atoms with Gasteiger partial charge in [0.25, 0.3) is 5.56 Å². The summed E-state index contributed by atoms with van der Waals surface area (Å²) in [6, 6.07) is 13.5. The molecule has 0 radical (unpaired) electrons. The van der Waals surface area contributed by atoms with E-state index in [1.54, 1.807) is 12.4 Å². The van der Waals surface area contributed by atoms with Crippen LogP contribution in [-0.4, -0.2) is 38.8 Å². The van der Waals surface area contributed by atoms with Crippen LogP contribution < -0.4 is 5.56 Å². The maximum absolute atomic E-state index is 13.0. The summed E-state index contributed by atoms with van der Waals surface area (Å²) in [7, 11) is 0. The fraction of sp³-hybridized carbons (Fsp3) is 0.273. The Morgan fingerprint density at radius 1 is 1.11 bits per heavy atom. The third-order valence-corrected chi connectivity index (χ3v) is 5.27. The highest BCUT2D eigenvalue weighted by atomic mass is 16.2. The largest absolute Gasteiger partial charge is 0.341 e. The summed E-state index contributed by atoms with van der Waals surface area (Å²) < 4.78 is 0. The Kier molecular flexibility index (Phi) is 5.02. The first-order valence-electron chi connectivity index (χ1n) is 9.49. The number of pyridine rings is 1. The molecule has 6 nitrogen and oxygen atoms in total. The molecule has 1 N–H and O–H groups in total. The van der Waals surface area contributed by atoms with Crippen LogP contribution in [0.4, 0.5) is 0 Å². The van der Waals surface area contributed by atoms with Crippen LogP contribution in [0.1, 0.15) is 29.7 Å². The van der Waals surface area contributed by atoms with Crippen molar-refractivity contribution in [3.8, 4) is 11.4 Å². The van der Waals surface area contributed by atoms with Crippen molar-refractivity contribution in [2.75, 3.05) is 13.1 Å². The van der Waals surface area contributed by atoms with Crippen LogP contribution in [-0.2, 0) is 17.6 Å². The Morgan fingerprint density at radius 3 is 2.64 bits per heavy atom. The second-order valence-corrected chi connectivity index (χ2v) is 7.04. The van der Waals surface area contributed by atoms with E-state index in [0.29, 0.717) is 37.3 Å². The predicted molar refractivity (Wildman–Crippen MR) is 107 cm³/mol. The van der Waals surface area contributed by atoms with Gasteiger partial charge in [-0.3, -0.25) is 14.6 Å². The molecule has 1 aromatic carbocycles. The lowest BCUT2D eigenvalue weighted by Crippen LogP contribution is -2.36. The molecule has 0 saturated heterocycles. The van der Waals surface area contributed by atoms with Crippen molar-refractivity contribution in [3.63, 3.8) is 0 Å². The Balaban J connectivity index is 1.56. The fourth-order valence-electron chi connectivity index (χ4n) is 3.63. The molecule has 1 atom stereocenters. The zero-order valence-corrected chi connectivity index (χ0v) is 15.8. The van der Waals surface area contributed by atoms with Crippen LogP contribution in [0.15, 0.2) is 59.7 Å². The van der Waals surface area contributed by atoms with E-state index in [1.165, 1.54) is 0 Å². The number of H-pyrrole nitrogens is 1. The van der Waals surface area contributed by atoms with E-state index in [1.807, 2.05) is 54.3 Å². The zero-order chi connectivity index (χ0) is 19.5. The number of nitrogens with one attached hydrogen (secondary N) is 1. The highest BCUT2D eigenvalue weighted by Gasteiger charge is 2.25. The Bertz CT molecular complexity index is 1030. The van der Waals surface area contributed by atoms with Crippen molar-refractivity contribution < 1.29 is 4.79 Å². The number of nitrogens with zero attached hydrogens (tertiary/aromatic N) is 3. The Morgan fingerprint density at radius 2 is 1.89 bits per heavy atom. The number of hydrogen-bond acceptors (Lipinski definition) is 4. The van der Waals surface area contributed by atoms with Crippen LogP contribution in [0.25, 0.3) is 11.4 Å². The topological polar surface area (TPSA) is 79.0 Å². The van der Waals surface area contributed by atoms with E-state index < -0.39 is 0 Å². The number of aromatic amines is 1. The van der Waals surface area contributed by atoms with Crippen LogP contribution in [0, 0.1) is 0 Å². The SMILES string of the molecule is CC(C(=O)N1CCc2nc(-c3cccnc3)[nH]c(=O)c2CC1)c1ccccc1. The number of carbonyl (C=O) groups is 1. The summed E-state index contributed by atoms with van der Waals surface area (Å²) in [5, 5.41) is 0. The highest BCUT2D eigenvalue weighted by molar-refractivity contribution is 5.83. The van der Waals surface area contributed by atoms with Gasteiger partial charge in [-0.25, -0.2) is 4.98 Å². The molecule has 6 heteroatoms.